The Morgan fingerprint density at radius 1 is 1.20 bits per heavy atom. The zero-order valence-electron chi connectivity index (χ0n) is 16.5. The molecule has 1 aromatic carbocycles. The van der Waals surface area contributed by atoms with Crippen molar-refractivity contribution in [3.63, 3.8) is 0 Å². The number of carbonyl (C=O) groups excluding carboxylic acids is 1. The van der Waals surface area contributed by atoms with Crippen molar-refractivity contribution in [1.29, 1.82) is 0 Å². The number of carbonyl (C=O) groups is 1. The molecular weight excluding hydrogens is 382 g/mol. The van der Waals surface area contributed by atoms with Crippen molar-refractivity contribution in [1.82, 2.24) is 30.3 Å². The second-order valence-electron chi connectivity index (χ2n) is 7.70. The first-order chi connectivity index (χ1) is 14.7. The van der Waals surface area contributed by atoms with E-state index in [1.807, 2.05) is 6.20 Å². The molecule has 2 aromatic heterocycles. The number of rotatable bonds is 7. The number of H-pyrrole nitrogens is 1. The highest BCUT2D eigenvalue weighted by atomic mass is 16.5. The molecule has 0 spiro atoms. The van der Waals surface area contributed by atoms with E-state index < -0.39 is 0 Å². The summed E-state index contributed by atoms with van der Waals surface area (Å²) in [5, 5.41) is 13.6. The monoisotopic (exact) mass is 405 g/mol. The highest BCUT2D eigenvalue weighted by Gasteiger charge is 2.26. The van der Waals surface area contributed by atoms with E-state index in [4.69, 9.17) is 4.74 Å². The van der Waals surface area contributed by atoms with Gasteiger partial charge in [0.15, 0.2) is 0 Å². The van der Waals surface area contributed by atoms with E-state index in [1.165, 1.54) is 11.1 Å². The van der Waals surface area contributed by atoms with Gasteiger partial charge in [-0.25, -0.2) is 9.97 Å². The van der Waals surface area contributed by atoms with Crippen LogP contribution in [-0.2, 0) is 41.9 Å². The van der Waals surface area contributed by atoms with Crippen LogP contribution >= 0.6 is 0 Å². The topological polar surface area (TPSA) is 109 Å². The molecule has 0 unspecified atom stereocenters. The van der Waals surface area contributed by atoms with Gasteiger partial charge in [-0.2, -0.15) is 0 Å². The number of benzene rings is 1. The molecule has 0 fully saturated rings. The first-order valence-electron chi connectivity index (χ1n) is 10.1. The summed E-state index contributed by atoms with van der Waals surface area (Å²) < 4.78 is 5.50. The van der Waals surface area contributed by atoms with Gasteiger partial charge in [0, 0.05) is 37.0 Å². The summed E-state index contributed by atoms with van der Waals surface area (Å²) >= 11 is 0. The zero-order chi connectivity index (χ0) is 20.3. The fraction of sp³-hybridized carbons (Fsp3) is 0.381. The molecule has 0 saturated carbocycles. The van der Waals surface area contributed by atoms with Crippen molar-refractivity contribution in [3.8, 4) is 0 Å². The van der Waals surface area contributed by atoms with E-state index >= 15 is 0 Å². The van der Waals surface area contributed by atoms with Gasteiger partial charge in [-0.05, 0) is 24.0 Å². The summed E-state index contributed by atoms with van der Waals surface area (Å²) in [5.74, 6) is 0.582. The van der Waals surface area contributed by atoms with E-state index in [0.717, 1.165) is 29.8 Å². The lowest BCUT2D eigenvalue weighted by atomic mass is 10.1. The molecule has 0 atom stereocenters. The maximum absolute atomic E-state index is 12.5. The number of ether oxygens (including phenoxy) is 1. The number of nitrogens with one attached hydrogen (secondary N) is 2. The van der Waals surface area contributed by atoms with Crippen LogP contribution in [0.2, 0.25) is 0 Å². The Labute approximate surface area is 173 Å². The van der Waals surface area contributed by atoms with Gasteiger partial charge in [-0.3, -0.25) is 9.89 Å². The van der Waals surface area contributed by atoms with Crippen LogP contribution in [-0.4, -0.2) is 55.4 Å². The van der Waals surface area contributed by atoms with Crippen molar-refractivity contribution in [2.45, 2.75) is 38.4 Å². The van der Waals surface area contributed by atoms with Crippen LogP contribution in [0.5, 0.6) is 0 Å². The average molecular weight is 405 g/mol. The average Bonchev–Trinajstić information content (AvgIpc) is 3.49. The Morgan fingerprint density at radius 2 is 2.03 bits per heavy atom. The van der Waals surface area contributed by atoms with E-state index in [9.17, 15) is 4.79 Å². The standard InChI is InChI=1S/C21H23N7O2/c29-20(13-30-6-5-17-10-23-27-26-17)28-11-16-9-22-21(25-19(16)12-28)24-18-7-14-3-1-2-4-15(14)8-18/h1-4,9-10,18H,5-8,11-13H2,(H,22,24,25)(H,23,26,27). The minimum absolute atomic E-state index is 0.0463. The highest BCUT2D eigenvalue weighted by molar-refractivity contribution is 5.78. The largest absolute Gasteiger partial charge is 0.371 e. The van der Waals surface area contributed by atoms with Gasteiger partial charge in [0.1, 0.15) is 6.61 Å². The smallest absolute Gasteiger partial charge is 0.249 e. The number of hydrogen-bond donors (Lipinski definition) is 2. The van der Waals surface area contributed by atoms with Gasteiger partial charge in [-0.1, -0.05) is 29.5 Å². The van der Waals surface area contributed by atoms with Crippen LogP contribution < -0.4 is 5.32 Å². The lowest BCUT2D eigenvalue weighted by Crippen LogP contribution is -2.29. The summed E-state index contributed by atoms with van der Waals surface area (Å²) in [4.78, 5) is 23.4. The molecule has 30 heavy (non-hydrogen) atoms. The number of nitrogens with zero attached hydrogens (tertiary/aromatic N) is 5. The lowest BCUT2D eigenvalue weighted by molar-refractivity contribution is -0.136. The Bertz CT molecular complexity index is 1010. The molecular formula is C21H23N7O2. The van der Waals surface area contributed by atoms with Gasteiger partial charge in [0.2, 0.25) is 11.9 Å². The zero-order valence-corrected chi connectivity index (χ0v) is 16.5. The third-order valence-corrected chi connectivity index (χ3v) is 5.59. The second kappa shape index (κ2) is 8.19. The number of hydrogen-bond acceptors (Lipinski definition) is 7. The first kappa shape index (κ1) is 18.7. The molecule has 2 aliphatic rings. The van der Waals surface area contributed by atoms with Crippen molar-refractivity contribution in [3.05, 3.63) is 64.7 Å². The Hall–Kier alpha value is -3.33. The van der Waals surface area contributed by atoms with Crippen molar-refractivity contribution < 1.29 is 9.53 Å². The van der Waals surface area contributed by atoms with E-state index in [1.54, 1.807) is 11.1 Å². The van der Waals surface area contributed by atoms with Gasteiger partial charge in [0.25, 0.3) is 0 Å². The SMILES string of the molecule is O=C(COCCc1c[nH]nn1)N1Cc2cnc(NC3Cc4ccccc4C3)nc2C1. The summed E-state index contributed by atoms with van der Waals surface area (Å²) in [6.07, 6.45) is 6.12. The first-order valence-corrected chi connectivity index (χ1v) is 10.1. The molecule has 0 radical (unpaired) electrons. The summed E-state index contributed by atoms with van der Waals surface area (Å²) in [6.45, 7) is 1.49. The van der Waals surface area contributed by atoms with Crippen molar-refractivity contribution in [2.75, 3.05) is 18.5 Å². The minimum Gasteiger partial charge on any atom is -0.371 e. The maximum atomic E-state index is 12.5. The van der Waals surface area contributed by atoms with E-state index in [2.05, 4.69) is 55.0 Å². The van der Waals surface area contributed by atoms with Crippen LogP contribution in [0, 0.1) is 0 Å². The number of aromatic nitrogens is 5. The normalized spacial score (nSPS) is 15.3. The Kier molecular flexibility index (Phi) is 5.10. The quantitative estimate of drug-likeness (QED) is 0.570. The predicted octanol–water partition coefficient (Wildman–Crippen LogP) is 1.28. The molecule has 3 aromatic rings. The number of anilines is 1. The van der Waals surface area contributed by atoms with Crippen molar-refractivity contribution in [2.24, 2.45) is 0 Å². The molecule has 9 nitrogen and oxygen atoms in total. The molecule has 0 bridgehead atoms. The number of fused-ring (bicyclic) bond motifs is 2. The Balaban J connectivity index is 1.12. The third kappa shape index (κ3) is 4.02. The fourth-order valence-corrected chi connectivity index (χ4v) is 4.02. The fourth-order valence-electron chi connectivity index (χ4n) is 4.02. The lowest BCUT2D eigenvalue weighted by Gasteiger charge is -2.14. The molecule has 1 aliphatic carbocycles. The molecule has 1 amide bonds. The number of amides is 1. The summed E-state index contributed by atoms with van der Waals surface area (Å²) in [5.41, 5.74) is 5.48. The van der Waals surface area contributed by atoms with E-state index in [0.29, 0.717) is 38.1 Å². The number of aromatic amines is 1. The van der Waals surface area contributed by atoms with Crippen LogP contribution in [0.1, 0.15) is 28.1 Å². The molecule has 1 aliphatic heterocycles. The molecule has 154 valence electrons. The minimum atomic E-state index is -0.0473. The molecule has 2 N–H and O–H groups in total. The van der Waals surface area contributed by atoms with Gasteiger partial charge < -0.3 is 15.0 Å². The summed E-state index contributed by atoms with van der Waals surface area (Å²) in [7, 11) is 0. The predicted molar refractivity (Wildman–Crippen MR) is 108 cm³/mol. The van der Waals surface area contributed by atoms with Gasteiger partial charge in [-0.15, -0.1) is 5.10 Å². The molecule has 3 heterocycles. The molecule has 9 heteroatoms. The van der Waals surface area contributed by atoms with Crippen LogP contribution in [0.4, 0.5) is 5.95 Å². The van der Waals surface area contributed by atoms with Crippen LogP contribution in [0.15, 0.2) is 36.7 Å². The Morgan fingerprint density at radius 3 is 2.80 bits per heavy atom. The van der Waals surface area contributed by atoms with Crippen LogP contribution in [0.3, 0.4) is 0 Å². The van der Waals surface area contributed by atoms with Gasteiger partial charge >= 0.3 is 0 Å². The highest BCUT2D eigenvalue weighted by Crippen LogP contribution is 2.25. The maximum Gasteiger partial charge on any atom is 0.249 e. The van der Waals surface area contributed by atoms with E-state index in [-0.39, 0.29) is 12.5 Å². The third-order valence-electron chi connectivity index (χ3n) is 5.59. The second-order valence-corrected chi connectivity index (χ2v) is 7.70. The van der Waals surface area contributed by atoms with Crippen molar-refractivity contribution >= 4 is 11.9 Å². The molecule has 0 saturated heterocycles. The van der Waals surface area contributed by atoms with Crippen LogP contribution in [0.25, 0.3) is 0 Å². The summed E-state index contributed by atoms with van der Waals surface area (Å²) in [6, 6.07) is 8.82. The van der Waals surface area contributed by atoms with Gasteiger partial charge in [0.05, 0.1) is 24.5 Å². The molecule has 5 rings (SSSR count).